The third kappa shape index (κ3) is 4.43. The van der Waals surface area contributed by atoms with E-state index < -0.39 is 5.54 Å². The quantitative estimate of drug-likeness (QED) is 0.697. The standard InChI is InChI=1S/C16H30N2O3/c1-6-13-14(19)17-16(5,7-2)15(20)18(13)9-8-10-21-11-12(3)4/h12-13H,6-11H2,1-5H3,(H,17,19). The van der Waals surface area contributed by atoms with Gasteiger partial charge in [0, 0.05) is 19.8 Å². The van der Waals surface area contributed by atoms with Crippen LogP contribution >= 0.6 is 0 Å². The number of hydrogen-bond acceptors (Lipinski definition) is 3. The molecule has 5 heteroatoms. The highest BCUT2D eigenvalue weighted by molar-refractivity contribution is 5.99. The van der Waals surface area contributed by atoms with E-state index in [4.69, 9.17) is 4.74 Å². The maximum Gasteiger partial charge on any atom is 0.248 e. The predicted octanol–water partition coefficient (Wildman–Crippen LogP) is 1.95. The van der Waals surface area contributed by atoms with Crippen molar-refractivity contribution in [2.75, 3.05) is 19.8 Å². The number of nitrogens with zero attached hydrogens (tertiary/aromatic N) is 1. The van der Waals surface area contributed by atoms with E-state index >= 15 is 0 Å². The van der Waals surface area contributed by atoms with E-state index in [9.17, 15) is 9.59 Å². The van der Waals surface area contributed by atoms with Crippen LogP contribution in [0.15, 0.2) is 0 Å². The molecule has 21 heavy (non-hydrogen) atoms. The maximum absolute atomic E-state index is 12.6. The largest absolute Gasteiger partial charge is 0.381 e. The Labute approximate surface area is 128 Å². The van der Waals surface area contributed by atoms with Crippen LogP contribution in [0.4, 0.5) is 0 Å². The summed E-state index contributed by atoms with van der Waals surface area (Å²) in [5.41, 5.74) is -0.762. The molecule has 1 aliphatic rings. The van der Waals surface area contributed by atoms with Gasteiger partial charge in [-0.25, -0.2) is 0 Å². The number of nitrogens with one attached hydrogen (secondary N) is 1. The van der Waals surface area contributed by atoms with Gasteiger partial charge in [-0.05, 0) is 32.1 Å². The van der Waals surface area contributed by atoms with Crippen LogP contribution in [0, 0.1) is 5.92 Å². The number of carbonyl (C=O) groups excluding carboxylic acids is 2. The SMILES string of the molecule is CCC1C(=O)NC(C)(CC)C(=O)N1CCCOCC(C)C. The zero-order valence-corrected chi connectivity index (χ0v) is 14.1. The van der Waals surface area contributed by atoms with Gasteiger partial charge in [0.15, 0.2) is 0 Å². The molecule has 0 radical (unpaired) electrons. The Bertz CT molecular complexity index is 371. The van der Waals surface area contributed by atoms with Crippen molar-refractivity contribution in [1.29, 1.82) is 0 Å². The minimum Gasteiger partial charge on any atom is -0.381 e. The number of piperazine rings is 1. The normalized spacial score (nSPS) is 26.4. The van der Waals surface area contributed by atoms with Gasteiger partial charge in [-0.2, -0.15) is 0 Å². The van der Waals surface area contributed by atoms with Crippen molar-refractivity contribution in [3.05, 3.63) is 0 Å². The first kappa shape index (κ1) is 18.0. The van der Waals surface area contributed by atoms with Crippen molar-refractivity contribution in [3.63, 3.8) is 0 Å². The summed E-state index contributed by atoms with van der Waals surface area (Å²) in [6, 6.07) is -0.345. The fraction of sp³-hybridized carbons (Fsp3) is 0.875. The van der Waals surface area contributed by atoms with Crippen molar-refractivity contribution in [2.24, 2.45) is 5.92 Å². The highest BCUT2D eigenvalue weighted by atomic mass is 16.5. The number of carbonyl (C=O) groups is 2. The lowest BCUT2D eigenvalue weighted by atomic mass is 9.91. The molecule has 0 aromatic carbocycles. The number of hydrogen-bond donors (Lipinski definition) is 1. The second-order valence-corrected chi connectivity index (χ2v) is 6.42. The summed E-state index contributed by atoms with van der Waals surface area (Å²) >= 11 is 0. The predicted molar refractivity (Wildman–Crippen MR) is 82.9 cm³/mol. The molecule has 1 N–H and O–H groups in total. The van der Waals surface area contributed by atoms with Crippen LogP contribution in [-0.4, -0.2) is 48.1 Å². The van der Waals surface area contributed by atoms with Crippen LogP contribution in [0.25, 0.3) is 0 Å². The zero-order valence-electron chi connectivity index (χ0n) is 14.1. The maximum atomic E-state index is 12.6. The summed E-state index contributed by atoms with van der Waals surface area (Å²) in [6.45, 7) is 11.8. The molecule has 1 heterocycles. The lowest BCUT2D eigenvalue weighted by Crippen LogP contribution is -2.69. The molecule has 0 saturated carbocycles. The summed E-state index contributed by atoms with van der Waals surface area (Å²) in [6.07, 6.45) is 2.01. The molecule has 2 atom stereocenters. The summed E-state index contributed by atoms with van der Waals surface area (Å²) in [4.78, 5) is 26.6. The first-order valence-corrected chi connectivity index (χ1v) is 8.06. The summed E-state index contributed by atoms with van der Waals surface area (Å²) in [5, 5.41) is 2.88. The summed E-state index contributed by atoms with van der Waals surface area (Å²) in [5.74, 6) is 0.504. The molecular formula is C16H30N2O3. The molecule has 1 saturated heterocycles. The van der Waals surface area contributed by atoms with Gasteiger partial charge in [-0.3, -0.25) is 9.59 Å². The van der Waals surface area contributed by atoms with E-state index in [0.717, 1.165) is 13.0 Å². The van der Waals surface area contributed by atoms with Crippen molar-refractivity contribution >= 4 is 11.8 Å². The monoisotopic (exact) mass is 298 g/mol. The zero-order chi connectivity index (χ0) is 16.0. The highest BCUT2D eigenvalue weighted by Gasteiger charge is 2.45. The van der Waals surface area contributed by atoms with Crippen LogP contribution in [-0.2, 0) is 14.3 Å². The molecular weight excluding hydrogens is 268 g/mol. The molecule has 0 aromatic rings. The summed E-state index contributed by atoms with van der Waals surface area (Å²) < 4.78 is 5.56. The molecule has 0 aromatic heterocycles. The molecule has 5 nitrogen and oxygen atoms in total. The van der Waals surface area contributed by atoms with Crippen molar-refractivity contribution in [2.45, 2.75) is 65.5 Å². The second-order valence-electron chi connectivity index (χ2n) is 6.42. The highest BCUT2D eigenvalue weighted by Crippen LogP contribution is 2.23. The van der Waals surface area contributed by atoms with Crippen molar-refractivity contribution in [3.8, 4) is 0 Å². The topological polar surface area (TPSA) is 58.6 Å². The Hall–Kier alpha value is -1.10. The van der Waals surface area contributed by atoms with Crippen molar-refractivity contribution in [1.82, 2.24) is 10.2 Å². The van der Waals surface area contributed by atoms with E-state index in [1.807, 2.05) is 13.8 Å². The molecule has 0 spiro atoms. The Morgan fingerprint density at radius 3 is 2.52 bits per heavy atom. The summed E-state index contributed by atoms with van der Waals surface area (Å²) in [7, 11) is 0. The first-order valence-electron chi connectivity index (χ1n) is 8.06. The van der Waals surface area contributed by atoms with Gasteiger partial charge < -0.3 is 15.0 Å². The van der Waals surface area contributed by atoms with Crippen LogP contribution in [0.3, 0.4) is 0 Å². The number of amides is 2. The van der Waals surface area contributed by atoms with E-state index in [2.05, 4.69) is 19.2 Å². The van der Waals surface area contributed by atoms with Crippen LogP contribution < -0.4 is 5.32 Å². The van der Waals surface area contributed by atoms with E-state index in [-0.39, 0.29) is 17.9 Å². The third-order valence-electron chi connectivity index (χ3n) is 4.04. The molecule has 1 fully saturated rings. The molecule has 2 unspecified atom stereocenters. The minimum atomic E-state index is -0.762. The van der Waals surface area contributed by atoms with Crippen molar-refractivity contribution < 1.29 is 14.3 Å². The van der Waals surface area contributed by atoms with E-state index in [0.29, 0.717) is 31.9 Å². The van der Waals surface area contributed by atoms with Gasteiger partial charge >= 0.3 is 0 Å². The fourth-order valence-corrected chi connectivity index (χ4v) is 2.57. The average molecular weight is 298 g/mol. The first-order chi connectivity index (χ1) is 9.85. The third-order valence-corrected chi connectivity index (χ3v) is 4.04. The van der Waals surface area contributed by atoms with Crippen LogP contribution in [0.2, 0.25) is 0 Å². The lowest BCUT2D eigenvalue weighted by molar-refractivity contribution is -0.154. The van der Waals surface area contributed by atoms with Gasteiger partial charge in [0.2, 0.25) is 11.8 Å². The van der Waals surface area contributed by atoms with Gasteiger partial charge in [0.1, 0.15) is 11.6 Å². The molecule has 1 rings (SSSR count). The Balaban J connectivity index is 2.62. The van der Waals surface area contributed by atoms with Gasteiger partial charge in [-0.15, -0.1) is 0 Å². The Morgan fingerprint density at radius 2 is 2.00 bits per heavy atom. The van der Waals surface area contributed by atoms with Gasteiger partial charge in [0.05, 0.1) is 0 Å². The molecule has 1 aliphatic heterocycles. The van der Waals surface area contributed by atoms with Crippen LogP contribution in [0.5, 0.6) is 0 Å². The van der Waals surface area contributed by atoms with Gasteiger partial charge in [0.25, 0.3) is 0 Å². The number of rotatable bonds is 8. The average Bonchev–Trinajstić information content (AvgIpc) is 2.43. The van der Waals surface area contributed by atoms with E-state index in [1.165, 1.54) is 0 Å². The Kier molecular flexibility index (Phi) is 6.65. The molecule has 0 aliphatic carbocycles. The molecule has 122 valence electrons. The fourth-order valence-electron chi connectivity index (χ4n) is 2.57. The second kappa shape index (κ2) is 7.78. The molecule has 0 bridgehead atoms. The lowest BCUT2D eigenvalue weighted by Gasteiger charge is -2.44. The minimum absolute atomic E-state index is 0.0281. The molecule has 2 amide bonds. The van der Waals surface area contributed by atoms with Gasteiger partial charge in [-0.1, -0.05) is 27.7 Å². The Morgan fingerprint density at radius 1 is 1.33 bits per heavy atom. The van der Waals surface area contributed by atoms with Crippen LogP contribution in [0.1, 0.15) is 53.9 Å². The smallest absolute Gasteiger partial charge is 0.248 e. The van der Waals surface area contributed by atoms with E-state index in [1.54, 1.807) is 11.8 Å². The number of ether oxygens (including phenoxy) is 1.